The van der Waals surface area contributed by atoms with E-state index in [4.69, 9.17) is 10.5 Å². The molecule has 3 aromatic rings. The quantitative estimate of drug-likeness (QED) is 0.366. The average molecular weight is 486 g/mol. The normalized spacial score (nSPS) is 13.6. The molecule has 34 heavy (non-hydrogen) atoms. The molecule has 1 fully saturated rings. The number of primary amides is 1. The first-order valence-corrected chi connectivity index (χ1v) is 11.9. The van der Waals surface area contributed by atoms with Crippen LogP contribution in [0.15, 0.2) is 41.3 Å². The summed E-state index contributed by atoms with van der Waals surface area (Å²) in [4.78, 5) is 22.2. The third-order valence-electron chi connectivity index (χ3n) is 5.64. The van der Waals surface area contributed by atoms with E-state index in [0.29, 0.717) is 24.1 Å². The number of hydrogen-bond donors (Lipinski definition) is 2. The van der Waals surface area contributed by atoms with Crippen molar-refractivity contribution in [3.63, 3.8) is 0 Å². The third kappa shape index (κ3) is 4.37. The molecule has 0 aliphatic heterocycles. The van der Waals surface area contributed by atoms with Gasteiger partial charge in [0, 0.05) is 23.7 Å². The number of rotatable bonds is 8. The molecule has 178 valence electrons. The standard InChI is InChI=1S/C22H23N5O6S/c1-12-5-4-6-17(13(12)2)26-22(14(3)20(24-26)21(23)28)33-18-10-9-16(27(29)30)11-19(18)34(31,32)25-15-7-8-15/h4-6,9-11,15,25H,7-8H2,1-3H3,(H2,23,28). The van der Waals surface area contributed by atoms with Crippen LogP contribution in [0.4, 0.5) is 5.69 Å². The van der Waals surface area contributed by atoms with Gasteiger partial charge in [-0.2, -0.15) is 9.78 Å². The fourth-order valence-electron chi connectivity index (χ4n) is 3.46. The van der Waals surface area contributed by atoms with Crippen LogP contribution in [0.25, 0.3) is 5.69 Å². The Bertz CT molecular complexity index is 1430. The van der Waals surface area contributed by atoms with E-state index in [1.165, 1.54) is 10.7 Å². The number of non-ortho nitro benzene ring substituents is 1. The predicted molar refractivity (Wildman–Crippen MR) is 123 cm³/mol. The van der Waals surface area contributed by atoms with E-state index in [2.05, 4.69) is 9.82 Å². The molecule has 0 atom stereocenters. The molecular formula is C22H23N5O6S. The second-order valence-electron chi connectivity index (χ2n) is 8.16. The van der Waals surface area contributed by atoms with Crippen molar-refractivity contribution in [3.8, 4) is 17.3 Å². The lowest BCUT2D eigenvalue weighted by Gasteiger charge is -2.15. The summed E-state index contributed by atoms with van der Waals surface area (Å²) in [7, 11) is -4.12. The van der Waals surface area contributed by atoms with E-state index in [9.17, 15) is 23.3 Å². The molecule has 3 N–H and O–H groups in total. The molecule has 11 nitrogen and oxygen atoms in total. The minimum Gasteiger partial charge on any atom is -0.437 e. The van der Waals surface area contributed by atoms with E-state index in [1.54, 1.807) is 13.0 Å². The highest BCUT2D eigenvalue weighted by Gasteiger charge is 2.32. The Morgan fingerprint density at radius 3 is 2.53 bits per heavy atom. The van der Waals surface area contributed by atoms with Crippen LogP contribution in [0.2, 0.25) is 0 Å². The largest absolute Gasteiger partial charge is 0.437 e. The molecule has 1 aromatic heterocycles. The highest BCUT2D eigenvalue weighted by Crippen LogP contribution is 2.37. The van der Waals surface area contributed by atoms with Crippen molar-refractivity contribution in [2.24, 2.45) is 5.73 Å². The maximum absolute atomic E-state index is 13.0. The van der Waals surface area contributed by atoms with Crippen LogP contribution in [0.3, 0.4) is 0 Å². The van der Waals surface area contributed by atoms with Gasteiger partial charge in [-0.3, -0.25) is 14.9 Å². The summed E-state index contributed by atoms with van der Waals surface area (Å²) >= 11 is 0. The van der Waals surface area contributed by atoms with Gasteiger partial charge in [0.2, 0.25) is 15.9 Å². The number of nitrogens with one attached hydrogen (secondary N) is 1. The van der Waals surface area contributed by atoms with Crippen LogP contribution >= 0.6 is 0 Å². The van der Waals surface area contributed by atoms with E-state index < -0.39 is 26.5 Å². The molecule has 0 unspecified atom stereocenters. The van der Waals surface area contributed by atoms with E-state index >= 15 is 0 Å². The number of amides is 1. The van der Waals surface area contributed by atoms with Crippen molar-refractivity contribution >= 4 is 21.6 Å². The van der Waals surface area contributed by atoms with E-state index in [1.807, 2.05) is 26.0 Å². The van der Waals surface area contributed by atoms with Gasteiger partial charge in [0.1, 0.15) is 10.6 Å². The fourth-order valence-corrected chi connectivity index (χ4v) is 4.91. The number of aryl methyl sites for hydroxylation is 1. The lowest BCUT2D eigenvalue weighted by atomic mass is 10.1. The number of nitrogens with two attached hydrogens (primary N) is 1. The van der Waals surface area contributed by atoms with Gasteiger partial charge >= 0.3 is 0 Å². The van der Waals surface area contributed by atoms with Crippen molar-refractivity contribution in [3.05, 3.63) is 68.9 Å². The zero-order chi connectivity index (χ0) is 24.8. The second-order valence-corrected chi connectivity index (χ2v) is 9.84. The molecule has 0 bridgehead atoms. The molecular weight excluding hydrogens is 462 g/mol. The summed E-state index contributed by atoms with van der Waals surface area (Å²) in [5.41, 5.74) is 7.78. The Hall–Kier alpha value is -3.77. The van der Waals surface area contributed by atoms with Crippen LogP contribution in [0.5, 0.6) is 11.6 Å². The smallest absolute Gasteiger partial charge is 0.271 e. The first kappa shape index (κ1) is 23.4. The summed E-state index contributed by atoms with van der Waals surface area (Å²) in [5, 5.41) is 15.6. The number of sulfonamides is 1. The second kappa shape index (κ2) is 8.54. The number of hydrogen-bond acceptors (Lipinski definition) is 7. The van der Waals surface area contributed by atoms with Crippen LogP contribution in [-0.2, 0) is 10.0 Å². The Balaban J connectivity index is 1.89. The molecule has 2 aromatic carbocycles. The topological polar surface area (TPSA) is 159 Å². The molecule has 1 aliphatic carbocycles. The summed E-state index contributed by atoms with van der Waals surface area (Å²) in [6.07, 6.45) is 1.37. The van der Waals surface area contributed by atoms with Gasteiger partial charge < -0.3 is 10.5 Å². The van der Waals surface area contributed by atoms with Gasteiger partial charge in [-0.1, -0.05) is 12.1 Å². The molecule has 0 saturated heterocycles. The lowest BCUT2D eigenvalue weighted by Crippen LogP contribution is -2.26. The molecule has 1 heterocycles. The van der Waals surface area contributed by atoms with Crippen molar-refractivity contribution in [1.29, 1.82) is 0 Å². The maximum atomic E-state index is 13.0. The van der Waals surface area contributed by atoms with E-state index in [0.717, 1.165) is 23.3 Å². The van der Waals surface area contributed by atoms with Crippen molar-refractivity contribution in [1.82, 2.24) is 14.5 Å². The number of aromatic nitrogens is 2. The predicted octanol–water partition coefficient (Wildman–Crippen LogP) is 3.04. The average Bonchev–Trinajstić information content (AvgIpc) is 3.52. The van der Waals surface area contributed by atoms with E-state index in [-0.39, 0.29) is 28.3 Å². The van der Waals surface area contributed by atoms with Crippen molar-refractivity contribution in [2.45, 2.75) is 44.6 Å². The van der Waals surface area contributed by atoms with Gasteiger partial charge in [0.05, 0.1) is 10.6 Å². The number of benzene rings is 2. The monoisotopic (exact) mass is 485 g/mol. The minimum absolute atomic E-state index is 0.0432. The van der Waals surface area contributed by atoms with Crippen LogP contribution < -0.4 is 15.2 Å². The van der Waals surface area contributed by atoms with Crippen LogP contribution in [0, 0.1) is 30.9 Å². The molecule has 4 rings (SSSR count). The number of carbonyl (C=O) groups excluding carboxylic acids is 1. The number of nitro groups is 1. The minimum atomic E-state index is -4.12. The summed E-state index contributed by atoms with van der Waals surface area (Å²) in [5.74, 6) is -0.859. The first-order valence-electron chi connectivity index (χ1n) is 10.4. The summed E-state index contributed by atoms with van der Waals surface area (Å²) < 4.78 is 35.9. The molecule has 1 saturated carbocycles. The zero-order valence-corrected chi connectivity index (χ0v) is 19.5. The Labute approximate surface area is 195 Å². The fraction of sp³-hybridized carbons (Fsp3) is 0.273. The summed E-state index contributed by atoms with van der Waals surface area (Å²) in [6.45, 7) is 5.36. The zero-order valence-electron chi connectivity index (χ0n) is 18.7. The number of ether oxygens (including phenoxy) is 1. The highest BCUT2D eigenvalue weighted by atomic mass is 32.2. The Morgan fingerprint density at radius 2 is 1.91 bits per heavy atom. The van der Waals surface area contributed by atoms with Crippen LogP contribution in [-0.4, -0.2) is 35.1 Å². The third-order valence-corrected chi connectivity index (χ3v) is 7.18. The lowest BCUT2D eigenvalue weighted by molar-refractivity contribution is -0.385. The SMILES string of the molecule is Cc1cccc(-n2nc(C(N)=O)c(C)c2Oc2ccc([N+](=O)[O-])cc2S(=O)(=O)NC2CC2)c1C. The molecule has 12 heteroatoms. The number of nitro benzene ring substituents is 1. The maximum Gasteiger partial charge on any atom is 0.271 e. The van der Waals surface area contributed by atoms with Gasteiger partial charge in [-0.25, -0.2) is 13.1 Å². The molecule has 1 aliphatic rings. The Kier molecular flexibility index (Phi) is 5.87. The molecule has 1 amide bonds. The van der Waals surface area contributed by atoms with Gasteiger partial charge in [0.25, 0.3) is 11.6 Å². The first-order chi connectivity index (χ1) is 16.0. The summed E-state index contributed by atoms with van der Waals surface area (Å²) in [6, 6.07) is 8.58. The number of nitrogens with zero attached hydrogens (tertiary/aromatic N) is 3. The van der Waals surface area contributed by atoms with Gasteiger partial charge in [-0.05, 0) is 56.9 Å². The van der Waals surface area contributed by atoms with Gasteiger partial charge in [-0.15, -0.1) is 0 Å². The Morgan fingerprint density at radius 1 is 1.21 bits per heavy atom. The van der Waals surface area contributed by atoms with Gasteiger partial charge in [0.15, 0.2) is 5.69 Å². The van der Waals surface area contributed by atoms with Crippen molar-refractivity contribution < 1.29 is 22.9 Å². The molecule has 0 spiro atoms. The van der Waals surface area contributed by atoms with Crippen molar-refractivity contribution in [2.75, 3.05) is 0 Å². The highest BCUT2D eigenvalue weighted by molar-refractivity contribution is 7.89. The van der Waals surface area contributed by atoms with Crippen LogP contribution in [0.1, 0.15) is 40.0 Å². The molecule has 0 radical (unpaired) electrons. The number of carbonyl (C=O) groups is 1.